The van der Waals surface area contributed by atoms with E-state index in [1.165, 1.54) is 49.4 Å². The number of thiocarbonyl (C=S) groups is 1. The summed E-state index contributed by atoms with van der Waals surface area (Å²) in [7, 11) is 0. The molecule has 1 aliphatic carbocycles. The summed E-state index contributed by atoms with van der Waals surface area (Å²) in [6, 6.07) is 8.86. The summed E-state index contributed by atoms with van der Waals surface area (Å²) in [6.45, 7) is 4.15. The van der Waals surface area contributed by atoms with Gasteiger partial charge in [-0.1, -0.05) is 48.5 Å². The van der Waals surface area contributed by atoms with E-state index in [2.05, 4.69) is 36.1 Å². The van der Waals surface area contributed by atoms with E-state index >= 15 is 0 Å². The zero-order valence-electron chi connectivity index (χ0n) is 17.4. The van der Waals surface area contributed by atoms with Crippen LogP contribution in [0.15, 0.2) is 29.2 Å². The van der Waals surface area contributed by atoms with Gasteiger partial charge < -0.3 is 4.90 Å². The molecule has 1 amide bonds. The van der Waals surface area contributed by atoms with Crippen molar-refractivity contribution in [2.24, 2.45) is 0 Å². The maximum absolute atomic E-state index is 13.2. The van der Waals surface area contributed by atoms with Crippen LogP contribution in [0.3, 0.4) is 0 Å². The normalized spacial score (nSPS) is 22.1. The van der Waals surface area contributed by atoms with Crippen LogP contribution in [0.25, 0.3) is 17.0 Å². The first-order chi connectivity index (χ1) is 14.6. The van der Waals surface area contributed by atoms with Crippen LogP contribution < -0.4 is 4.90 Å². The van der Waals surface area contributed by atoms with Gasteiger partial charge >= 0.3 is 0 Å². The van der Waals surface area contributed by atoms with Crippen LogP contribution in [-0.2, 0) is 4.79 Å². The molecule has 2 aliphatic heterocycles. The minimum Gasteiger partial charge on any atom is -0.356 e. The fourth-order valence-corrected chi connectivity index (χ4v) is 6.26. The molecule has 1 aromatic heterocycles. The molecule has 5 rings (SSSR count). The minimum absolute atomic E-state index is 0.0748. The molecule has 0 bridgehead atoms. The van der Waals surface area contributed by atoms with E-state index in [0.717, 1.165) is 53.1 Å². The van der Waals surface area contributed by atoms with Crippen LogP contribution in [0.2, 0.25) is 0 Å². The Kier molecular flexibility index (Phi) is 5.54. The molecule has 2 saturated heterocycles. The van der Waals surface area contributed by atoms with Crippen LogP contribution in [0.1, 0.15) is 56.1 Å². The van der Waals surface area contributed by atoms with Crippen molar-refractivity contribution in [2.75, 3.05) is 18.0 Å². The highest BCUT2D eigenvalue weighted by Crippen LogP contribution is 2.39. The number of carbonyl (C=O) groups is 1. The van der Waals surface area contributed by atoms with E-state index in [9.17, 15) is 4.79 Å². The van der Waals surface area contributed by atoms with Crippen molar-refractivity contribution in [3.63, 3.8) is 0 Å². The Morgan fingerprint density at radius 2 is 1.87 bits per heavy atom. The zero-order chi connectivity index (χ0) is 20.7. The third-order valence-electron chi connectivity index (χ3n) is 6.43. The summed E-state index contributed by atoms with van der Waals surface area (Å²) in [5, 5.41) is 1.12. The highest BCUT2D eigenvalue weighted by atomic mass is 32.2. The van der Waals surface area contributed by atoms with Crippen LogP contribution >= 0.6 is 24.0 Å². The first-order valence-electron chi connectivity index (χ1n) is 11.0. The standard InChI is InChI=1S/C24H27N3OS2/c1-16-9-10-20-17(13-16)14-18(22(25-20)26-11-5-2-6-12-26)15-21-23(28)27(24(29)30-21)19-7-3-4-8-19/h9-10,13-15,19H,2-8,11-12H2,1H3/b21-15-. The Bertz CT molecular complexity index is 1040. The number of amides is 1. The molecule has 0 spiro atoms. The fraction of sp³-hybridized carbons (Fsp3) is 0.458. The quantitative estimate of drug-likeness (QED) is 0.456. The van der Waals surface area contributed by atoms with E-state index in [1.807, 2.05) is 11.0 Å². The second kappa shape index (κ2) is 8.31. The van der Waals surface area contributed by atoms with Crippen LogP contribution in [0.5, 0.6) is 0 Å². The fourth-order valence-electron chi connectivity index (χ4n) is 4.87. The van der Waals surface area contributed by atoms with Crippen LogP contribution in [0, 0.1) is 6.92 Å². The zero-order valence-corrected chi connectivity index (χ0v) is 19.0. The van der Waals surface area contributed by atoms with Gasteiger partial charge in [-0.15, -0.1) is 0 Å². The van der Waals surface area contributed by atoms with Crippen molar-refractivity contribution in [1.29, 1.82) is 0 Å². The van der Waals surface area contributed by atoms with Crippen molar-refractivity contribution < 1.29 is 4.79 Å². The first-order valence-corrected chi connectivity index (χ1v) is 12.3. The molecule has 3 heterocycles. The number of aryl methyl sites for hydroxylation is 1. The molecule has 3 fully saturated rings. The molecular weight excluding hydrogens is 410 g/mol. The number of thioether (sulfide) groups is 1. The Labute approximate surface area is 187 Å². The second-order valence-electron chi connectivity index (χ2n) is 8.64. The van der Waals surface area contributed by atoms with Crippen molar-refractivity contribution in [3.05, 3.63) is 40.3 Å². The van der Waals surface area contributed by atoms with Gasteiger partial charge in [0, 0.05) is 30.1 Å². The number of anilines is 1. The van der Waals surface area contributed by atoms with Gasteiger partial charge in [-0.2, -0.15) is 0 Å². The number of rotatable bonds is 3. The van der Waals surface area contributed by atoms with Crippen molar-refractivity contribution in [2.45, 2.75) is 57.9 Å². The Balaban J connectivity index is 1.56. The van der Waals surface area contributed by atoms with Crippen molar-refractivity contribution >= 4 is 57.0 Å². The third kappa shape index (κ3) is 3.76. The summed E-state index contributed by atoms with van der Waals surface area (Å²) >= 11 is 7.05. The molecule has 2 aromatic rings. The Morgan fingerprint density at radius 1 is 1.10 bits per heavy atom. The van der Waals surface area contributed by atoms with Crippen molar-refractivity contribution in [3.8, 4) is 0 Å². The summed E-state index contributed by atoms with van der Waals surface area (Å²) in [4.78, 5) is 23.3. The maximum Gasteiger partial charge on any atom is 0.266 e. The van der Waals surface area contributed by atoms with Gasteiger partial charge in [0.25, 0.3) is 5.91 Å². The number of nitrogens with zero attached hydrogens (tertiary/aromatic N) is 3. The predicted octanol–water partition coefficient (Wildman–Crippen LogP) is 5.68. The van der Waals surface area contributed by atoms with Gasteiger partial charge in [0.05, 0.1) is 10.4 Å². The number of hydrogen-bond donors (Lipinski definition) is 0. The number of piperidine rings is 1. The number of pyridine rings is 1. The summed E-state index contributed by atoms with van der Waals surface area (Å²) < 4.78 is 0.710. The van der Waals surface area contributed by atoms with Crippen LogP contribution in [-0.4, -0.2) is 39.2 Å². The lowest BCUT2D eigenvalue weighted by molar-refractivity contribution is -0.123. The molecule has 156 valence electrons. The van der Waals surface area contributed by atoms with Crippen LogP contribution in [0.4, 0.5) is 5.82 Å². The highest BCUT2D eigenvalue weighted by Gasteiger charge is 2.38. The average Bonchev–Trinajstić information content (AvgIpc) is 3.36. The first kappa shape index (κ1) is 20.0. The van der Waals surface area contributed by atoms with Gasteiger partial charge in [-0.05, 0) is 63.3 Å². The number of benzene rings is 1. The average molecular weight is 438 g/mol. The van der Waals surface area contributed by atoms with Gasteiger partial charge in [-0.3, -0.25) is 9.69 Å². The molecule has 4 nitrogen and oxygen atoms in total. The van der Waals surface area contributed by atoms with E-state index in [-0.39, 0.29) is 11.9 Å². The molecule has 1 aromatic carbocycles. The lowest BCUT2D eigenvalue weighted by Gasteiger charge is -2.29. The SMILES string of the molecule is Cc1ccc2nc(N3CCCCC3)c(/C=C3\SC(=S)N(C4CCCC4)C3=O)cc2c1. The third-order valence-corrected chi connectivity index (χ3v) is 7.76. The lowest BCUT2D eigenvalue weighted by Crippen LogP contribution is -2.36. The molecule has 0 N–H and O–H groups in total. The number of carbonyl (C=O) groups excluding carboxylic acids is 1. The predicted molar refractivity (Wildman–Crippen MR) is 130 cm³/mol. The van der Waals surface area contributed by atoms with Gasteiger partial charge in [0.15, 0.2) is 0 Å². The molecule has 3 aliphatic rings. The largest absolute Gasteiger partial charge is 0.356 e. The summed E-state index contributed by atoms with van der Waals surface area (Å²) in [5.74, 6) is 1.07. The molecule has 6 heteroatoms. The van der Waals surface area contributed by atoms with Crippen molar-refractivity contribution in [1.82, 2.24) is 9.88 Å². The maximum atomic E-state index is 13.2. The molecule has 0 atom stereocenters. The summed E-state index contributed by atoms with van der Waals surface area (Å²) in [5.41, 5.74) is 3.26. The van der Waals surface area contributed by atoms with E-state index < -0.39 is 0 Å². The van der Waals surface area contributed by atoms with E-state index in [1.54, 1.807) is 0 Å². The Morgan fingerprint density at radius 3 is 2.63 bits per heavy atom. The second-order valence-corrected chi connectivity index (χ2v) is 10.3. The lowest BCUT2D eigenvalue weighted by atomic mass is 10.1. The molecule has 30 heavy (non-hydrogen) atoms. The Hall–Kier alpha value is -1.92. The number of hydrogen-bond acceptors (Lipinski definition) is 5. The molecule has 0 radical (unpaired) electrons. The highest BCUT2D eigenvalue weighted by molar-refractivity contribution is 8.26. The van der Waals surface area contributed by atoms with E-state index in [4.69, 9.17) is 17.2 Å². The smallest absolute Gasteiger partial charge is 0.266 e. The number of aromatic nitrogens is 1. The molecular formula is C24H27N3OS2. The monoisotopic (exact) mass is 437 g/mol. The van der Waals surface area contributed by atoms with Gasteiger partial charge in [-0.25, -0.2) is 4.98 Å². The van der Waals surface area contributed by atoms with Gasteiger partial charge in [0.1, 0.15) is 10.1 Å². The van der Waals surface area contributed by atoms with Gasteiger partial charge in [0.2, 0.25) is 0 Å². The number of fused-ring (bicyclic) bond motifs is 1. The summed E-state index contributed by atoms with van der Waals surface area (Å²) in [6.07, 6.45) is 10.2. The topological polar surface area (TPSA) is 36.4 Å². The molecule has 1 saturated carbocycles. The molecule has 0 unspecified atom stereocenters. The minimum atomic E-state index is 0.0748. The van der Waals surface area contributed by atoms with E-state index in [0.29, 0.717) is 4.32 Å².